The average Bonchev–Trinajstić information content (AvgIpc) is 3.74. The van der Waals surface area contributed by atoms with E-state index in [0.717, 1.165) is 83.1 Å². The van der Waals surface area contributed by atoms with Crippen LogP contribution in [0.5, 0.6) is 0 Å². The Morgan fingerprint density at radius 1 is 0.915 bits per heavy atom. The summed E-state index contributed by atoms with van der Waals surface area (Å²) in [5, 5.41) is 2.90. The lowest BCUT2D eigenvalue weighted by atomic mass is 9.95. The van der Waals surface area contributed by atoms with Crippen LogP contribution in [0.4, 0.5) is 9.59 Å². The number of ether oxygens (including phenoxy) is 2. The average molecular weight is 639 g/mol. The Labute approximate surface area is 276 Å². The molecule has 1 saturated heterocycles. The molecule has 2 aromatic heterocycles. The van der Waals surface area contributed by atoms with Crippen LogP contribution in [-0.2, 0) is 22.3 Å². The summed E-state index contributed by atoms with van der Waals surface area (Å²) in [4.78, 5) is 43.5. The van der Waals surface area contributed by atoms with Crippen LogP contribution in [0.1, 0.15) is 103 Å². The van der Waals surface area contributed by atoms with Crippen molar-refractivity contribution in [2.75, 3.05) is 6.54 Å². The molecule has 0 unspecified atom stereocenters. The Morgan fingerprint density at radius 3 is 2.34 bits per heavy atom. The molecule has 10 nitrogen and oxygen atoms in total. The van der Waals surface area contributed by atoms with Crippen LogP contribution in [0.3, 0.4) is 0 Å². The first-order valence-electron chi connectivity index (χ1n) is 16.6. The van der Waals surface area contributed by atoms with Crippen LogP contribution in [0.2, 0.25) is 0 Å². The van der Waals surface area contributed by atoms with Crippen molar-refractivity contribution in [2.45, 2.75) is 104 Å². The first kappa shape index (κ1) is 32.3. The van der Waals surface area contributed by atoms with E-state index in [4.69, 9.17) is 14.5 Å². The number of likely N-dealkylation sites (tertiary alicyclic amines) is 1. The van der Waals surface area contributed by atoms with Gasteiger partial charge in [-0.15, -0.1) is 0 Å². The van der Waals surface area contributed by atoms with Crippen molar-refractivity contribution >= 4 is 12.2 Å². The highest BCUT2D eigenvalue weighted by molar-refractivity contribution is 5.75. The molecular weight excluding hydrogens is 592 g/mol. The molecular formula is C37H46N6O4. The zero-order valence-electron chi connectivity index (χ0n) is 28.5. The van der Waals surface area contributed by atoms with Gasteiger partial charge in [0.2, 0.25) is 0 Å². The molecule has 2 atom stereocenters. The predicted molar refractivity (Wildman–Crippen MR) is 182 cm³/mol. The maximum absolute atomic E-state index is 12.8. The Morgan fingerprint density at radius 2 is 1.62 bits per heavy atom. The van der Waals surface area contributed by atoms with Gasteiger partial charge in [0.1, 0.15) is 22.9 Å². The summed E-state index contributed by atoms with van der Waals surface area (Å²) in [6, 6.07) is 14.6. The normalized spacial score (nSPS) is 17.0. The summed E-state index contributed by atoms with van der Waals surface area (Å²) in [6.07, 6.45) is 5.73. The lowest BCUT2D eigenvalue weighted by Crippen LogP contribution is -2.36. The summed E-state index contributed by atoms with van der Waals surface area (Å²) >= 11 is 0. The van der Waals surface area contributed by atoms with Crippen molar-refractivity contribution in [3.63, 3.8) is 0 Å². The highest BCUT2D eigenvalue weighted by atomic mass is 16.6. The molecule has 10 heteroatoms. The molecule has 0 spiro atoms. The number of hydrogen-bond donors (Lipinski definition) is 3. The van der Waals surface area contributed by atoms with E-state index in [0.29, 0.717) is 6.54 Å². The quantitative estimate of drug-likeness (QED) is 0.202. The second kappa shape index (κ2) is 12.5. The number of imidazole rings is 2. The summed E-state index contributed by atoms with van der Waals surface area (Å²) < 4.78 is 11.1. The number of carbonyl (C=O) groups is 2. The van der Waals surface area contributed by atoms with Crippen molar-refractivity contribution < 1.29 is 19.1 Å². The number of aromatic amines is 2. The third-order valence-corrected chi connectivity index (χ3v) is 8.49. The summed E-state index contributed by atoms with van der Waals surface area (Å²) in [5.74, 6) is 1.51. The van der Waals surface area contributed by atoms with E-state index in [2.05, 4.69) is 62.7 Å². The third-order valence-electron chi connectivity index (χ3n) is 8.49. The number of benzene rings is 2. The number of fused-ring (bicyclic) bond motifs is 3. The maximum atomic E-state index is 12.8. The Balaban J connectivity index is 1.17. The van der Waals surface area contributed by atoms with Gasteiger partial charge in [-0.3, -0.25) is 4.90 Å². The van der Waals surface area contributed by atoms with Gasteiger partial charge in [-0.25, -0.2) is 19.6 Å². The van der Waals surface area contributed by atoms with Gasteiger partial charge in [0.25, 0.3) is 0 Å². The van der Waals surface area contributed by atoms with Gasteiger partial charge in [-0.1, -0.05) is 42.5 Å². The molecule has 4 aromatic rings. The van der Waals surface area contributed by atoms with Crippen LogP contribution < -0.4 is 5.32 Å². The number of amides is 2. The number of H-pyrrole nitrogens is 2. The van der Waals surface area contributed by atoms with Crippen LogP contribution >= 0.6 is 0 Å². The molecule has 1 aliphatic heterocycles. The van der Waals surface area contributed by atoms with Gasteiger partial charge in [-0.05, 0) is 103 Å². The molecule has 0 bridgehead atoms. The molecule has 2 aliphatic rings. The zero-order chi connectivity index (χ0) is 33.5. The van der Waals surface area contributed by atoms with E-state index in [1.165, 1.54) is 5.56 Å². The number of rotatable bonds is 5. The monoisotopic (exact) mass is 638 g/mol. The highest BCUT2D eigenvalue weighted by Crippen LogP contribution is 2.36. The molecule has 1 aliphatic carbocycles. The third kappa shape index (κ3) is 7.37. The second-order valence-electron chi connectivity index (χ2n) is 14.6. The molecule has 0 saturated carbocycles. The van der Waals surface area contributed by atoms with Gasteiger partial charge in [0, 0.05) is 17.8 Å². The molecule has 248 valence electrons. The van der Waals surface area contributed by atoms with E-state index < -0.39 is 17.3 Å². The van der Waals surface area contributed by atoms with Crippen LogP contribution in [0, 0.1) is 0 Å². The minimum atomic E-state index is -0.564. The fourth-order valence-electron chi connectivity index (χ4n) is 6.34. The fourth-order valence-corrected chi connectivity index (χ4v) is 6.34. The predicted octanol–water partition coefficient (Wildman–Crippen LogP) is 8.28. The number of aryl methyl sites for hydroxylation is 2. The number of nitrogens with zero attached hydrogens (tertiary/aromatic N) is 3. The number of hydrogen-bond acceptors (Lipinski definition) is 6. The number of aromatic nitrogens is 4. The van der Waals surface area contributed by atoms with Gasteiger partial charge >= 0.3 is 12.2 Å². The van der Waals surface area contributed by atoms with E-state index in [1.807, 2.05) is 54.7 Å². The number of nitrogens with one attached hydrogen (secondary N) is 3. The lowest BCUT2D eigenvalue weighted by molar-refractivity contribution is 0.0218. The Hall–Kier alpha value is -4.60. The van der Waals surface area contributed by atoms with Gasteiger partial charge in [0.05, 0.1) is 29.7 Å². The van der Waals surface area contributed by atoms with Gasteiger partial charge < -0.3 is 24.8 Å². The molecule has 3 heterocycles. The SMILES string of the molecule is C[C@H](NC(=O)OC(C)(C)C)c1nc2c([nH]1)CCCc1cc(-c3ccc(-c4cnc([C@@H]5CCCN5C(=O)OC(C)(C)C)[nH]4)cc3)ccc1-2. The van der Waals surface area contributed by atoms with Crippen molar-refractivity contribution in [2.24, 2.45) is 0 Å². The van der Waals surface area contributed by atoms with E-state index >= 15 is 0 Å². The standard InChI is InChI=1S/C37H46N6O4/c1-22(39-34(44)46-36(2,3)4)32-40-28-11-8-10-26-20-25(17-18-27(26)31(28)42-32)23-13-15-24(16-14-23)29-21-38-33(41-29)30-12-9-19-43(30)35(45)47-37(5,6)7/h13-18,20-22,30H,8-12,19H2,1-7H3,(H,38,41)(H,39,44)(H,40,42)/t22-,30-/m0/s1. The van der Waals surface area contributed by atoms with Crippen molar-refractivity contribution in [3.8, 4) is 33.6 Å². The lowest BCUT2D eigenvalue weighted by Gasteiger charge is -2.27. The molecule has 3 N–H and O–H groups in total. The van der Waals surface area contributed by atoms with E-state index in [-0.39, 0.29) is 18.2 Å². The number of carbonyl (C=O) groups excluding carboxylic acids is 2. The number of alkyl carbamates (subject to hydrolysis) is 1. The van der Waals surface area contributed by atoms with E-state index in [1.54, 1.807) is 4.90 Å². The second-order valence-corrected chi connectivity index (χ2v) is 14.6. The molecule has 47 heavy (non-hydrogen) atoms. The Kier molecular flexibility index (Phi) is 8.63. The fraction of sp³-hybridized carbons (Fsp3) is 0.459. The minimum Gasteiger partial charge on any atom is -0.444 e. The van der Waals surface area contributed by atoms with Crippen molar-refractivity contribution in [1.82, 2.24) is 30.2 Å². The van der Waals surface area contributed by atoms with Gasteiger partial charge in [0.15, 0.2) is 0 Å². The summed E-state index contributed by atoms with van der Waals surface area (Å²) in [7, 11) is 0. The highest BCUT2D eigenvalue weighted by Gasteiger charge is 2.35. The topological polar surface area (TPSA) is 125 Å². The first-order chi connectivity index (χ1) is 22.2. The van der Waals surface area contributed by atoms with Crippen LogP contribution in [0.25, 0.3) is 33.6 Å². The first-order valence-corrected chi connectivity index (χ1v) is 16.6. The summed E-state index contributed by atoms with van der Waals surface area (Å²) in [6.45, 7) is 13.8. The molecule has 1 fully saturated rings. The van der Waals surface area contributed by atoms with Crippen molar-refractivity contribution in [1.29, 1.82) is 0 Å². The minimum absolute atomic E-state index is 0.118. The maximum Gasteiger partial charge on any atom is 0.410 e. The zero-order valence-corrected chi connectivity index (χ0v) is 28.5. The van der Waals surface area contributed by atoms with Crippen molar-refractivity contribution in [3.05, 3.63) is 71.6 Å². The molecule has 2 amide bonds. The molecule has 2 aromatic carbocycles. The van der Waals surface area contributed by atoms with E-state index in [9.17, 15) is 9.59 Å². The van der Waals surface area contributed by atoms with Crippen LogP contribution in [-0.4, -0.2) is 54.8 Å². The smallest absolute Gasteiger partial charge is 0.410 e. The Bertz CT molecular complexity index is 1760. The molecule has 0 radical (unpaired) electrons. The molecule has 6 rings (SSSR count). The largest absolute Gasteiger partial charge is 0.444 e. The summed E-state index contributed by atoms with van der Waals surface area (Å²) in [5.41, 5.74) is 7.57. The van der Waals surface area contributed by atoms with Crippen LogP contribution in [0.15, 0.2) is 48.7 Å². The van der Waals surface area contributed by atoms with Gasteiger partial charge in [-0.2, -0.15) is 0 Å².